The zero-order valence-corrected chi connectivity index (χ0v) is 18.9. The van der Waals surface area contributed by atoms with E-state index in [1.54, 1.807) is 0 Å². The monoisotopic (exact) mass is 372 g/mol. The molecule has 2 aromatic carbocycles. The zero-order chi connectivity index (χ0) is 18.9. The molecule has 2 nitrogen and oxygen atoms in total. The summed E-state index contributed by atoms with van der Waals surface area (Å²) in [6.45, 7) is 17.8. The van der Waals surface area contributed by atoms with Crippen molar-refractivity contribution >= 4 is 16.6 Å². The molecule has 25 heavy (non-hydrogen) atoms. The molecule has 2 aromatic rings. The third kappa shape index (κ3) is 5.22. The number of benzene rings is 2. The van der Waals surface area contributed by atoms with Crippen LogP contribution in [0.25, 0.3) is 0 Å². The van der Waals surface area contributed by atoms with Crippen LogP contribution in [0.1, 0.15) is 25.0 Å². The summed E-state index contributed by atoms with van der Waals surface area (Å²) < 4.78 is 12.8. The van der Waals surface area contributed by atoms with Gasteiger partial charge in [0.15, 0.2) is 0 Å². The molecule has 0 saturated carbocycles. The van der Waals surface area contributed by atoms with Crippen LogP contribution in [0.2, 0.25) is 39.3 Å². The first-order chi connectivity index (χ1) is 11.4. The fraction of sp³-hybridized carbons (Fsp3) is 0.429. The molecule has 0 heterocycles. The topological polar surface area (TPSA) is 18.5 Å². The summed E-state index contributed by atoms with van der Waals surface area (Å²) in [6.07, 6.45) is 0. The highest BCUT2D eigenvalue weighted by atomic mass is 28.4. The van der Waals surface area contributed by atoms with Crippen LogP contribution >= 0.6 is 0 Å². The first kappa shape index (κ1) is 19.8. The molecule has 4 heteroatoms. The van der Waals surface area contributed by atoms with Crippen molar-refractivity contribution in [1.82, 2.24) is 0 Å². The molecular weight excluding hydrogens is 340 g/mol. The average Bonchev–Trinajstić information content (AvgIpc) is 2.44. The van der Waals surface area contributed by atoms with Crippen molar-refractivity contribution in [3.63, 3.8) is 0 Å². The third-order valence-electron chi connectivity index (χ3n) is 3.95. The Kier molecular flexibility index (Phi) is 5.54. The van der Waals surface area contributed by atoms with E-state index in [0.29, 0.717) is 0 Å². The summed E-state index contributed by atoms with van der Waals surface area (Å²) in [5, 5.41) is 0. The Bertz CT molecular complexity index is 664. The number of rotatable bonds is 6. The fourth-order valence-corrected chi connectivity index (χ4v) is 4.62. The Morgan fingerprint density at radius 2 is 0.920 bits per heavy atom. The van der Waals surface area contributed by atoms with Gasteiger partial charge in [0, 0.05) is 16.5 Å². The second kappa shape index (κ2) is 7.00. The molecule has 0 aliphatic rings. The van der Waals surface area contributed by atoms with Gasteiger partial charge in [-0.25, -0.2) is 0 Å². The van der Waals surface area contributed by atoms with Gasteiger partial charge in [0.05, 0.1) is 0 Å². The third-order valence-corrected chi connectivity index (χ3v) is 5.62. The molecule has 0 aliphatic heterocycles. The highest BCUT2D eigenvalue weighted by Crippen LogP contribution is 2.42. The van der Waals surface area contributed by atoms with E-state index in [2.05, 4.69) is 102 Å². The van der Waals surface area contributed by atoms with Crippen molar-refractivity contribution in [2.45, 2.75) is 58.5 Å². The largest absolute Gasteiger partial charge is 0.544 e. The predicted molar refractivity (Wildman–Crippen MR) is 113 cm³/mol. The van der Waals surface area contributed by atoms with E-state index in [0.717, 1.165) is 11.5 Å². The molecule has 2 rings (SSSR count). The maximum absolute atomic E-state index is 6.39. The summed E-state index contributed by atoms with van der Waals surface area (Å²) in [7, 11) is -3.37. The van der Waals surface area contributed by atoms with Crippen molar-refractivity contribution in [3.8, 4) is 11.5 Å². The van der Waals surface area contributed by atoms with Crippen LogP contribution in [0.15, 0.2) is 48.5 Å². The Balaban J connectivity index is 2.54. The fourth-order valence-electron chi connectivity index (χ4n) is 2.95. The first-order valence-electron chi connectivity index (χ1n) is 8.97. The molecular formula is C21H32O2Si2. The second-order valence-electron chi connectivity index (χ2n) is 9.05. The maximum atomic E-state index is 6.39. The van der Waals surface area contributed by atoms with Crippen molar-refractivity contribution in [2.75, 3.05) is 0 Å². The van der Waals surface area contributed by atoms with Crippen molar-refractivity contribution < 1.29 is 8.85 Å². The van der Waals surface area contributed by atoms with Crippen LogP contribution in [0, 0.1) is 0 Å². The Morgan fingerprint density at radius 3 is 1.24 bits per heavy atom. The van der Waals surface area contributed by atoms with Crippen LogP contribution in [0.5, 0.6) is 11.5 Å². The lowest BCUT2D eigenvalue weighted by molar-refractivity contribution is 0.500. The van der Waals surface area contributed by atoms with Crippen LogP contribution in [-0.2, 0) is 5.41 Å². The minimum absolute atomic E-state index is 0.202. The molecule has 0 unspecified atom stereocenters. The van der Waals surface area contributed by atoms with Gasteiger partial charge < -0.3 is 8.85 Å². The molecule has 0 radical (unpaired) electrons. The Labute approximate surface area is 155 Å². The van der Waals surface area contributed by atoms with Crippen LogP contribution in [0.3, 0.4) is 0 Å². The van der Waals surface area contributed by atoms with E-state index < -0.39 is 16.6 Å². The summed E-state index contributed by atoms with van der Waals surface area (Å²) in [4.78, 5) is 0. The lowest BCUT2D eigenvalue weighted by atomic mass is 9.77. The minimum atomic E-state index is -1.69. The van der Waals surface area contributed by atoms with Crippen molar-refractivity contribution in [2.24, 2.45) is 0 Å². The minimum Gasteiger partial charge on any atom is -0.544 e. The molecule has 0 N–H and O–H groups in total. The summed E-state index contributed by atoms with van der Waals surface area (Å²) in [5.41, 5.74) is 2.22. The number of hydrogen-bond donors (Lipinski definition) is 0. The Hall–Kier alpha value is -1.53. The number of para-hydroxylation sites is 2. The lowest BCUT2D eigenvalue weighted by Gasteiger charge is -2.33. The highest BCUT2D eigenvalue weighted by Gasteiger charge is 2.32. The van der Waals surface area contributed by atoms with Crippen LogP contribution in [-0.4, -0.2) is 16.6 Å². The average molecular weight is 373 g/mol. The Morgan fingerprint density at radius 1 is 0.600 bits per heavy atom. The zero-order valence-electron chi connectivity index (χ0n) is 16.9. The molecule has 0 saturated heterocycles. The van der Waals surface area contributed by atoms with Gasteiger partial charge in [-0.3, -0.25) is 0 Å². The van der Waals surface area contributed by atoms with Crippen molar-refractivity contribution in [1.29, 1.82) is 0 Å². The summed E-state index contributed by atoms with van der Waals surface area (Å²) in [6, 6.07) is 16.8. The van der Waals surface area contributed by atoms with E-state index >= 15 is 0 Å². The van der Waals surface area contributed by atoms with Gasteiger partial charge in [0.2, 0.25) is 16.6 Å². The van der Waals surface area contributed by atoms with Crippen LogP contribution < -0.4 is 8.85 Å². The van der Waals surface area contributed by atoms with Gasteiger partial charge in [-0.15, -0.1) is 0 Å². The van der Waals surface area contributed by atoms with E-state index in [9.17, 15) is 0 Å². The molecule has 136 valence electrons. The molecule has 0 spiro atoms. The summed E-state index contributed by atoms with van der Waals surface area (Å²) >= 11 is 0. The SMILES string of the molecule is CC(C)(c1ccccc1O[Si](C)(C)C)c1ccccc1O[Si](C)(C)C. The maximum Gasteiger partial charge on any atom is 0.242 e. The van der Waals surface area contributed by atoms with E-state index in [1.807, 2.05) is 0 Å². The van der Waals surface area contributed by atoms with E-state index in [4.69, 9.17) is 8.85 Å². The van der Waals surface area contributed by atoms with Crippen molar-refractivity contribution in [3.05, 3.63) is 59.7 Å². The summed E-state index contributed by atoms with van der Waals surface area (Å²) in [5.74, 6) is 1.99. The van der Waals surface area contributed by atoms with Gasteiger partial charge in [-0.2, -0.15) is 0 Å². The molecule has 0 fully saturated rings. The molecule has 0 bridgehead atoms. The lowest BCUT2D eigenvalue weighted by Crippen LogP contribution is -2.33. The van der Waals surface area contributed by atoms with Gasteiger partial charge >= 0.3 is 0 Å². The highest BCUT2D eigenvalue weighted by molar-refractivity contribution is 6.70. The normalized spacial score (nSPS) is 12.8. The molecule has 0 aliphatic carbocycles. The van der Waals surface area contributed by atoms with Gasteiger partial charge in [0.25, 0.3) is 0 Å². The standard InChI is InChI=1S/C21H32O2Si2/c1-21(2,17-13-9-11-15-19(17)22-24(3,4)5)18-14-10-12-16-20(18)23-25(6,7)8/h9-16H,1-8H3. The quantitative estimate of drug-likeness (QED) is 0.543. The molecule has 0 aromatic heterocycles. The van der Waals surface area contributed by atoms with Gasteiger partial charge in [-0.05, 0) is 51.4 Å². The number of hydrogen-bond acceptors (Lipinski definition) is 2. The van der Waals surface area contributed by atoms with Gasteiger partial charge in [0.1, 0.15) is 11.5 Å². The van der Waals surface area contributed by atoms with Gasteiger partial charge in [-0.1, -0.05) is 50.2 Å². The van der Waals surface area contributed by atoms with E-state index in [1.165, 1.54) is 11.1 Å². The molecule has 0 amide bonds. The predicted octanol–water partition coefficient (Wildman–Crippen LogP) is 6.44. The molecule has 0 atom stereocenters. The van der Waals surface area contributed by atoms with Crippen LogP contribution in [0.4, 0.5) is 0 Å². The first-order valence-corrected chi connectivity index (χ1v) is 15.8. The smallest absolute Gasteiger partial charge is 0.242 e. The second-order valence-corrected chi connectivity index (χ2v) is 17.9. The van der Waals surface area contributed by atoms with E-state index in [-0.39, 0.29) is 5.41 Å².